The van der Waals surface area contributed by atoms with Crippen LogP contribution in [0.1, 0.15) is 41.5 Å². The van der Waals surface area contributed by atoms with Crippen molar-refractivity contribution in [1.82, 2.24) is 0 Å². The van der Waals surface area contributed by atoms with Gasteiger partial charge in [-0.2, -0.15) is 26.3 Å². The fourth-order valence-electron chi connectivity index (χ4n) is 2.39. The predicted octanol–water partition coefficient (Wildman–Crippen LogP) is 5.98. The smallest absolute Gasteiger partial charge is 0.269 e. The van der Waals surface area contributed by atoms with Crippen LogP contribution in [0.15, 0.2) is 0 Å². The molecule has 0 aromatic heterocycles. The van der Waals surface area contributed by atoms with Crippen molar-refractivity contribution in [1.29, 1.82) is 0 Å². The lowest BCUT2D eigenvalue weighted by Crippen LogP contribution is -2.75. The van der Waals surface area contributed by atoms with Gasteiger partial charge in [-0.05, 0) is 0 Å². The summed E-state index contributed by atoms with van der Waals surface area (Å²) in [5.41, 5.74) is -12.1. The maximum Gasteiger partial charge on any atom is 0.426 e. The summed E-state index contributed by atoms with van der Waals surface area (Å²) in [5.74, 6) is -23.7. The maximum absolute atomic E-state index is 15.0. The van der Waals surface area contributed by atoms with Gasteiger partial charge in [-0.15, -0.1) is 0 Å². The van der Waals surface area contributed by atoms with E-state index in [4.69, 9.17) is 0 Å². The molecule has 0 amide bonds. The number of halogens is 10. The minimum absolute atomic E-state index is 0.413. The van der Waals surface area contributed by atoms with Crippen molar-refractivity contribution in [2.75, 3.05) is 0 Å². The molecule has 1 heterocycles. The molecule has 0 spiro atoms. The molecule has 0 aromatic rings. The molecule has 1 fully saturated rings. The Kier molecular flexibility index (Phi) is 4.41. The molecule has 0 saturated carbocycles. The third kappa shape index (κ3) is 2.26. The van der Waals surface area contributed by atoms with Crippen molar-refractivity contribution < 1.29 is 48.6 Å². The first-order chi connectivity index (χ1) is 10.5. The highest BCUT2D eigenvalue weighted by molar-refractivity contribution is 5.26. The summed E-state index contributed by atoms with van der Waals surface area (Å²) in [6.45, 7) is 2.66. The summed E-state index contributed by atoms with van der Waals surface area (Å²) in [5, 5.41) is 0. The Morgan fingerprint density at radius 3 is 1.20 bits per heavy atom. The zero-order valence-corrected chi connectivity index (χ0v) is 14.2. The van der Waals surface area contributed by atoms with Crippen molar-refractivity contribution in [3.8, 4) is 0 Å². The van der Waals surface area contributed by atoms with Gasteiger partial charge in [-0.25, -0.2) is 17.6 Å². The van der Waals surface area contributed by atoms with Crippen LogP contribution in [-0.2, 0) is 4.74 Å². The molecule has 0 aromatic carbocycles. The lowest BCUT2D eigenvalue weighted by molar-refractivity contribution is -0.400. The second kappa shape index (κ2) is 4.95. The van der Waals surface area contributed by atoms with E-state index in [1.165, 1.54) is 0 Å². The summed E-state index contributed by atoms with van der Waals surface area (Å²) in [6.07, 6.45) is -6.24. The van der Waals surface area contributed by atoms with E-state index in [0.29, 0.717) is 41.5 Å². The number of ether oxygens (including phenoxy) is 1. The Labute approximate surface area is 137 Å². The van der Waals surface area contributed by atoms with Gasteiger partial charge in [-0.1, -0.05) is 41.5 Å². The zero-order chi connectivity index (χ0) is 20.7. The highest BCUT2D eigenvalue weighted by atomic mass is 19.3. The Balaban J connectivity index is 3.98. The monoisotopic (exact) mass is 392 g/mol. The number of alkyl halides is 10. The van der Waals surface area contributed by atoms with Gasteiger partial charge in [-0.3, -0.25) is 4.74 Å². The lowest BCUT2D eigenvalue weighted by Gasteiger charge is -2.48. The molecule has 11 heteroatoms. The first-order valence-electron chi connectivity index (χ1n) is 7.05. The van der Waals surface area contributed by atoms with Crippen LogP contribution >= 0.6 is 0 Å². The molecule has 150 valence electrons. The van der Waals surface area contributed by atoms with Crippen LogP contribution in [0, 0.1) is 10.8 Å². The Hall–Kier alpha value is -0.740. The normalized spacial score (nSPS) is 33.6. The van der Waals surface area contributed by atoms with Crippen LogP contribution in [0.4, 0.5) is 43.9 Å². The fraction of sp³-hybridized carbons (Fsp3) is 1.00. The lowest BCUT2D eigenvalue weighted by atomic mass is 9.68. The van der Waals surface area contributed by atoms with E-state index < -0.39 is 46.2 Å². The van der Waals surface area contributed by atoms with Gasteiger partial charge in [0.25, 0.3) is 5.92 Å². The van der Waals surface area contributed by atoms with Crippen molar-refractivity contribution in [2.24, 2.45) is 10.8 Å². The molecule has 2 unspecified atom stereocenters. The van der Waals surface area contributed by atoms with Gasteiger partial charge in [0.15, 0.2) is 0 Å². The van der Waals surface area contributed by atoms with Crippen molar-refractivity contribution >= 4 is 0 Å². The second-order valence-electron chi connectivity index (χ2n) is 8.10. The summed E-state index contributed by atoms with van der Waals surface area (Å²) < 4.78 is 145. The molecular formula is C14H18F10O. The van der Waals surface area contributed by atoms with E-state index in [1.54, 1.807) is 0 Å². The highest BCUT2D eigenvalue weighted by Gasteiger charge is 3.00. The average Bonchev–Trinajstić information content (AvgIpc) is 2.43. The van der Waals surface area contributed by atoms with Gasteiger partial charge in [0, 0.05) is 10.8 Å². The van der Waals surface area contributed by atoms with Gasteiger partial charge in [0.2, 0.25) is 0 Å². The molecule has 0 radical (unpaired) electrons. The fourth-order valence-corrected chi connectivity index (χ4v) is 2.39. The summed E-state index contributed by atoms with van der Waals surface area (Å²) >= 11 is 0. The standard InChI is InChI=1S/C14H18F10O/c1-7(2,3)10(16,17)9(15)12(20,21)14(23,24)25-13(9,22)11(18,19)8(4,5)6/h1-6H3. The Morgan fingerprint density at radius 2 is 0.920 bits per heavy atom. The topological polar surface area (TPSA) is 9.23 Å². The van der Waals surface area contributed by atoms with Gasteiger partial charge in [0.1, 0.15) is 0 Å². The van der Waals surface area contributed by atoms with Gasteiger partial charge >= 0.3 is 29.5 Å². The van der Waals surface area contributed by atoms with Crippen molar-refractivity contribution in [2.45, 2.75) is 76.9 Å². The van der Waals surface area contributed by atoms with Gasteiger partial charge < -0.3 is 0 Å². The average molecular weight is 392 g/mol. The van der Waals surface area contributed by atoms with Crippen LogP contribution in [0.3, 0.4) is 0 Å². The molecule has 25 heavy (non-hydrogen) atoms. The van der Waals surface area contributed by atoms with E-state index in [0.717, 1.165) is 0 Å². The first kappa shape index (κ1) is 22.3. The van der Waals surface area contributed by atoms with Crippen LogP contribution in [-0.4, -0.2) is 35.4 Å². The summed E-state index contributed by atoms with van der Waals surface area (Å²) in [4.78, 5) is 0. The molecule has 1 aliphatic heterocycles. The molecule has 1 nitrogen and oxygen atoms in total. The minimum atomic E-state index is -6.58. The quantitative estimate of drug-likeness (QED) is 0.525. The van der Waals surface area contributed by atoms with Crippen molar-refractivity contribution in [3.63, 3.8) is 0 Å². The summed E-state index contributed by atoms with van der Waals surface area (Å²) in [6, 6.07) is 0. The minimum Gasteiger partial charge on any atom is -0.269 e. The molecular weight excluding hydrogens is 374 g/mol. The summed E-state index contributed by atoms with van der Waals surface area (Å²) in [7, 11) is 0. The SMILES string of the molecule is CC(C)(C)C(F)(F)C1(F)OC(F)(F)C(F)(F)C1(F)C(F)(F)C(C)(C)C. The van der Waals surface area contributed by atoms with Crippen molar-refractivity contribution in [3.05, 3.63) is 0 Å². The van der Waals surface area contributed by atoms with E-state index in [-0.39, 0.29) is 0 Å². The molecule has 2 atom stereocenters. The van der Waals surface area contributed by atoms with E-state index in [9.17, 15) is 43.9 Å². The molecule has 0 bridgehead atoms. The largest absolute Gasteiger partial charge is 0.426 e. The van der Waals surface area contributed by atoms with Crippen LogP contribution in [0.2, 0.25) is 0 Å². The third-order valence-electron chi connectivity index (χ3n) is 4.23. The number of rotatable bonds is 2. The van der Waals surface area contributed by atoms with Crippen LogP contribution in [0.5, 0.6) is 0 Å². The molecule has 1 aliphatic rings. The van der Waals surface area contributed by atoms with Crippen LogP contribution in [0.25, 0.3) is 0 Å². The van der Waals surface area contributed by atoms with Gasteiger partial charge in [0.05, 0.1) is 0 Å². The molecule has 0 aliphatic carbocycles. The van der Waals surface area contributed by atoms with E-state index >= 15 is 0 Å². The van der Waals surface area contributed by atoms with Crippen LogP contribution < -0.4 is 0 Å². The Bertz CT molecular complexity index is 545. The third-order valence-corrected chi connectivity index (χ3v) is 4.23. The molecule has 1 saturated heterocycles. The molecule has 0 N–H and O–H groups in total. The maximum atomic E-state index is 15.0. The number of hydrogen-bond donors (Lipinski definition) is 0. The second-order valence-corrected chi connectivity index (χ2v) is 8.10. The number of hydrogen-bond acceptors (Lipinski definition) is 1. The van der Waals surface area contributed by atoms with E-state index in [2.05, 4.69) is 4.74 Å². The Morgan fingerprint density at radius 1 is 0.600 bits per heavy atom. The predicted molar refractivity (Wildman–Crippen MR) is 67.5 cm³/mol. The first-order valence-corrected chi connectivity index (χ1v) is 7.05. The van der Waals surface area contributed by atoms with E-state index in [1.807, 2.05) is 0 Å². The molecule has 1 rings (SSSR count). The highest BCUT2D eigenvalue weighted by Crippen LogP contribution is 2.72. The zero-order valence-electron chi connectivity index (χ0n) is 14.2.